The SMILES string of the molecule is CCCC1(C)OCc2ccccc21. The van der Waals surface area contributed by atoms with Crippen molar-refractivity contribution in [2.24, 2.45) is 0 Å². The van der Waals surface area contributed by atoms with Crippen molar-refractivity contribution in [3.05, 3.63) is 35.4 Å². The zero-order valence-electron chi connectivity index (χ0n) is 8.34. The Morgan fingerprint density at radius 3 is 2.92 bits per heavy atom. The monoisotopic (exact) mass is 176 g/mol. The molecule has 13 heavy (non-hydrogen) atoms. The molecule has 0 saturated carbocycles. The molecule has 1 aromatic carbocycles. The first-order valence-corrected chi connectivity index (χ1v) is 4.98. The molecule has 0 aliphatic carbocycles. The van der Waals surface area contributed by atoms with Crippen LogP contribution in [0.4, 0.5) is 0 Å². The van der Waals surface area contributed by atoms with Crippen LogP contribution in [0.25, 0.3) is 0 Å². The Morgan fingerprint density at radius 2 is 2.15 bits per heavy atom. The molecule has 1 nitrogen and oxygen atoms in total. The van der Waals surface area contributed by atoms with Crippen molar-refractivity contribution < 1.29 is 4.74 Å². The highest BCUT2D eigenvalue weighted by Gasteiger charge is 2.33. The third-order valence-electron chi connectivity index (χ3n) is 2.86. The molecule has 1 aromatic rings. The van der Waals surface area contributed by atoms with Gasteiger partial charge in [-0.15, -0.1) is 0 Å². The molecular weight excluding hydrogens is 160 g/mol. The summed E-state index contributed by atoms with van der Waals surface area (Å²) in [5.74, 6) is 0. The van der Waals surface area contributed by atoms with Gasteiger partial charge >= 0.3 is 0 Å². The van der Waals surface area contributed by atoms with Crippen LogP contribution in [-0.4, -0.2) is 0 Å². The average molecular weight is 176 g/mol. The quantitative estimate of drug-likeness (QED) is 0.672. The van der Waals surface area contributed by atoms with Crippen molar-refractivity contribution in [3.63, 3.8) is 0 Å². The van der Waals surface area contributed by atoms with Crippen LogP contribution < -0.4 is 0 Å². The fourth-order valence-electron chi connectivity index (χ4n) is 2.16. The first kappa shape index (κ1) is 8.76. The number of hydrogen-bond donors (Lipinski definition) is 0. The van der Waals surface area contributed by atoms with E-state index >= 15 is 0 Å². The van der Waals surface area contributed by atoms with E-state index < -0.39 is 0 Å². The van der Waals surface area contributed by atoms with E-state index in [0.29, 0.717) is 0 Å². The zero-order chi connectivity index (χ0) is 9.31. The van der Waals surface area contributed by atoms with Crippen molar-refractivity contribution in [1.29, 1.82) is 0 Å². The van der Waals surface area contributed by atoms with Crippen LogP contribution in [0.3, 0.4) is 0 Å². The van der Waals surface area contributed by atoms with E-state index in [4.69, 9.17) is 4.74 Å². The van der Waals surface area contributed by atoms with Crippen molar-refractivity contribution in [2.75, 3.05) is 0 Å². The summed E-state index contributed by atoms with van der Waals surface area (Å²) in [4.78, 5) is 0. The maximum atomic E-state index is 5.85. The number of hydrogen-bond acceptors (Lipinski definition) is 1. The van der Waals surface area contributed by atoms with Crippen LogP contribution >= 0.6 is 0 Å². The summed E-state index contributed by atoms with van der Waals surface area (Å²) in [6.07, 6.45) is 2.29. The van der Waals surface area contributed by atoms with E-state index in [-0.39, 0.29) is 5.60 Å². The molecule has 0 spiro atoms. The van der Waals surface area contributed by atoms with E-state index in [1.165, 1.54) is 17.5 Å². The summed E-state index contributed by atoms with van der Waals surface area (Å²) in [5.41, 5.74) is 2.72. The Bertz CT molecular complexity index is 302. The van der Waals surface area contributed by atoms with Crippen molar-refractivity contribution in [2.45, 2.75) is 38.9 Å². The Kier molecular flexibility index (Phi) is 2.12. The minimum Gasteiger partial charge on any atom is -0.366 e. The summed E-state index contributed by atoms with van der Waals surface area (Å²) in [6.45, 7) is 5.19. The third kappa shape index (κ3) is 1.37. The standard InChI is InChI=1S/C12H16O/c1-3-8-12(2)11-7-5-4-6-10(11)9-13-12/h4-7H,3,8-9H2,1-2H3. The van der Waals surface area contributed by atoms with Gasteiger partial charge in [0.2, 0.25) is 0 Å². The van der Waals surface area contributed by atoms with Gasteiger partial charge in [0.1, 0.15) is 0 Å². The summed E-state index contributed by atoms with van der Waals surface area (Å²) in [6, 6.07) is 8.54. The Labute approximate surface area is 79.7 Å². The molecule has 1 aliphatic heterocycles. The minimum atomic E-state index is -0.0225. The number of rotatable bonds is 2. The summed E-state index contributed by atoms with van der Waals surface area (Å²) in [5, 5.41) is 0. The zero-order valence-corrected chi connectivity index (χ0v) is 8.34. The van der Waals surface area contributed by atoms with Gasteiger partial charge < -0.3 is 4.74 Å². The lowest BCUT2D eigenvalue weighted by Gasteiger charge is -2.23. The maximum absolute atomic E-state index is 5.85. The van der Waals surface area contributed by atoms with Crippen LogP contribution in [0.5, 0.6) is 0 Å². The normalized spacial score (nSPS) is 26.0. The van der Waals surface area contributed by atoms with E-state index in [1.54, 1.807) is 0 Å². The van der Waals surface area contributed by atoms with Gasteiger partial charge in [-0.2, -0.15) is 0 Å². The predicted octanol–water partition coefficient (Wildman–Crippen LogP) is 3.23. The maximum Gasteiger partial charge on any atom is 0.0911 e. The third-order valence-corrected chi connectivity index (χ3v) is 2.86. The fourth-order valence-corrected chi connectivity index (χ4v) is 2.16. The van der Waals surface area contributed by atoms with E-state index in [1.807, 2.05) is 0 Å². The minimum absolute atomic E-state index is 0.0225. The Balaban J connectivity index is 2.37. The first-order chi connectivity index (χ1) is 6.26. The van der Waals surface area contributed by atoms with E-state index in [0.717, 1.165) is 13.0 Å². The van der Waals surface area contributed by atoms with Crippen LogP contribution in [0.2, 0.25) is 0 Å². The fraction of sp³-hybridized carbons (Fsp3) is 0.500. The molecule has 0 saturated heterocycles. The highest BCUT2D eigenvalue weighted by atomic mass is 16.5. The average Bonchev–Trinajstić information content (AvgIpc) is 2.46. The molecule has 0 radical (unpaired) electrons. The Morgan fingerprint density at radius 1 is 1.38 bits per heavy atom. The van der Waals surface area contributed by atoms with Gasteiger partial charge in [0.05, 0.1) is 12.2 Å². The van der Waals surface area contributed by atoms with Gasteiger partial charge in [0, 0.05) is 0 Å². The molecule has 0 amide bonds. The smallest absolute Gasteiger partial charge is 0.0911 e. The number of fused-ring (bicyclic) bond motifs is 1. The molecule has 0 bridgehead atoms. The lowest BCUT2D eigenvalue weighted by atomic mass is 9.90. The molecule has 2 rings (SSSR count). The second kappa shape index (κ2) is 3.15. The highest BCUT2D eigenvalue weighted by molar-refractivity contribution is 5.34. The molecule has 0 fully saturated rings. The topological polar surface area (TPSA) is 9.23 Å². The van der Waals surface area contributed by atoms with Gasteiger partial charge in [-0.05, 0) is 24.5 Å². The lowest BCUT2D eigenvalue weighted by molar-refractivity contribution is -0.0300. The van der Waals surface area contributed by atoms with E-state index in [2.05, 4.69) is 38.1 Å². The summed E-state index contributed by atoms with van der Waals surface area (Å²) >= 11 is 0. The number of benzene rings is 1. The highest BCUT2D eigenvalue weighted by Crippen LogP contribution is 2.39. The van der Waals surface area contributed by atoms with Gasteiger partial charge in [-0.1, -0.05) is 37.6 Å². The van der Waals surface area contributed by atoms with Crippen LogP contribution in [0.1, 0.15) is 37.8 Å². The van der Waals surface area contributed by atoms with Crippen molar-refractivity contribution >= 4 is 0 Å². The molecule has 1 atom stereocenters. The van der Waals surface area contributed by atoms with Crippen LogP contribution in [0.15, 0.2) is 24.3 Å². The van der Waals surface area contributed by atoms with Gasteiger partial charge in [0.25, 0.3) is 0 Å². The molecule has 70 valence electrons. The van der Waals surface area contributed by atoms with Crippen LogP contribution in [-0.2, 0) is 16.9 Å². The summed E-state index contributed by atoms with van der Waals surface area (Å²) < 4.78 is 5.85. The second-order valence-corrected chi connectivity index (χ2v) is 3.93. The lowest BCUT2D eigenvalue weighted by Crippen LogP contribution is -2.19. The van der Waals surface area contributed by atoms with Crippen molar-refractivity contribution in [1.82, 2.24) is 0 Å². The molecule has 0 aromatic heterocycles. The number of ether oxygens (including phenoxy) is 1. The van der Waals surface area contributed by atoms with Crippen molar-refractivity contribution in [3.8, 4) is 0 Å². The van der Waals surface area contributed by atoms with Gasteiger partial charge in [-0.3, -0.25) is 0 Å². The predicted molar refractivity (Wildman–Crippen MR) is 53.5 cm³/mol. The van der Waals surface area contributed by atoms with Gasteiger partial charge in [-0.25, -0.2) is 0 Å². The largest absolute Gasteiger partial charge is 0.366 e. The van der Waals surface area contributed by atoms with Gasteiger partial charge in [0.15, 0.2) is 0 Å². The molecule has 1 heterocycles. The van der Waals surface area contributed by atoms with E-state index in [9.17, 15) is 0 Å². The molecule has 0 N–H and O–H groups in total. The molecule has 1 heteroatoms. The second-order valence-electron chi connectivity index (χ2n) is 3.93. The van der Waals surface area contributed by atoms with Crippen LogP contribution in [0, 0.1) is 0 Å². The molecule has 1 aliphatic rings. The first-order valence-electron chi connectivity index (χ1n) is 4.98. The molecular formula is C12H16O. The Hall–Kier alpha value is -0.820. The molecule has 1 unspecified atom stereocenters. The summed E-state index contributed by atoms with van der Waals surface area (Å²) in [7, 11) is 0.